The van der Waals surface area contributed by atoms with Crippen molar-refractivity contribution < 1.29 is 0 Å². The van der Waals surface area contributed by atoms with Gasteiger partial charge in [0.15, 0.2) is 0 Å². The molecular formula is C18H26N4S. The first kappa shape index (κ1) is 15.3. The van der Waals surface area contributed by atoms with Crippen molar-refractivity contribution in [2.45, 2.75) is 57.4 Å². The van der Waals surface area contributed by atoms with Gasteiger partial charge in [-0.15, -0.1) is 11.3 Å². The molecule has 5 heteroatoms. The smallest absolute Gasteiger partial charge is 0.0974 e. The normalized spacial score (nSPS) is 22.2. The minimum Gasteiger partial charge on any atom is -0.337 e. The van der Waals surface area contributed by atoms with Crippen molar-refractivity contribution in [3.05, 3.63) is 34.3 Å². The van der Waals surface area contributed by atoms with Gasteiger partial charge in [0.25, 0.3) is 0 Å². The third kappa shape index (κ3) is 3.66. The Balaban J connectivity index is 1.32. The number of hydrogen-bond acceptors (Lipinski definition) is 4. The Morgan fingerprint density at radius 3 is 3.00 bits per heavy atom. The zero-order chi connectivity index (χ0) is 15.5. The number of aryl methyl sites for hydroxylation is 3. The number of nitrogens with zero attached hydrogens (tertiary/aromatic N) is 4. The summed E-state index contributed by atoms with van der Waals surface area (Å²) >= 11 is 2.02. The van der Waals surface area contributed by atoms with Crippen molar-refractivity contribution in [3.63, 3.8) is 0 Å². The SMILES string of the molecule is c1cn(CCCN2CCCC(c3nc4c(s3)CCCC4)C2)cn1. The van der Waals surface area contributed by atoms with Gasteiger partial charge < -0.3 is 9.47 Å². The van der Waals surface area contributed by atoms with E-state index >= 15 is 0 Å². The molecule has 0 N–H and O–H groups in total. The minimum absolute atomic E-state index is 0.674. The second-order valence-corrected chi connectivity index (χ2v) is 8.04. The van der Waals surface area contributed by atoms with Gasteiger partial charge in [-0.1, -0.05) is 0 Å². The van der Waals surface area contributed by atoms with Crippen LogP contribution in [0.4, 0.5) is 0 Å². The van der Waals surface area contributed by atoms with E-state index < -0.39 is 0 Å². The first-order valence-corrected chi connectivity index (χ1v) is 9.87. The summed E-state index contributed by atoms with van der Waals surface area (Å²) in [7, 11) is 0. The number of aromatic nitrogens is 3. The maximum atomic E-state index is 5.01. The monoisotopic (exact) mass is 330 g/mol. The molecule has 1 aliphatic heterocycles. The lowest BCUT2D eigenvalue weighted by Crippen LogP contribution is -2.35. The van der Waals surface area contributed by atoms with Gasteiger partial charge >= 0.3 is 0 Å². The number of imidazole rings is 1. The summed E-state index contributed by atoms with van der Waals surface area (Å²) in [5, 5.41) is 1.43. The third-order valence-electron chi connectivity index (χ3n) is 5.17. The van der Waals surface area contributed by atoms with Crippen LogP contribution in [0.1, 0.15) is 53.6 Å². The quantitative estimate of drug-likeness (QED) is 0.841. The van der Waals surface area contributed by atoms with Gasteiger partial charge in [0.05, 0.1) is 17.0 Å². The van der Waals surface area contributed by atoms with E-state index in [0.717, 1.165) is 6.54 Å². The van der Waals surface area contributed by atoms with E-state index in [0.29, 0.717) is 5.92 Å². The minimum atomic E-state index is 0.674. The second-order valence-electron chi connectivity index (χ2n) is 6.92. The molecule has 0 amide bonds. The Morgan fingerprint density at radius 2 is 2.13 bits per heavy atom. The fraction of sp³-hybridized carbons (Fsp3) is 0.667. The van der Waals surface area contributed by atoms with E-state index in [2.05, 4.69) is 20.6 Å². The number of thiazole rings is 1. The Bertz CT molecular complexity index is 596. The summed E-state index contributed by atoms with van der Waals surface area (Å²) in [5.74, 6) is 0.674. The fourth-order valence-electron chi connectivity index (χ4n) is 3.90. The van der Waals surface area contributed by atoms with Gasteiger partial charge in [0.1, 0.15) is 0 Å². The zero-order valence-electron chi connectivity index (χ0n) is 13.8. The molecule has 0 saturated carbocycles. The van der Waals surface area contributed by atoms with E-state index in [1.807, 2.05) is 23.9 Å². The average Bonchev–Trinajstić information content (AvgIpc) is 3.24. The molecular weight excluding hydrogens is 304 g/mol. The number of rotatable bonds is 5. The van der Waals surface area contributed by atoms with E-state index in [4.69, 9.17) is 4.98 Å². The highest BCUT2D eigenvalue weighted by Gasteiger charge is 2.25. The molecule has 1 aliphatic carbocycles. The largest absolute Gasteiger partial charge is 0.337 e. The van der Waals surface area contributed by atoms with Crippen LogP contribution in [0.2, 0.25) is 0 Å². The molecule has 1 fully saturated rings. The molecule has 0 spiro atoms. The van der Waals surface area contributed by atoms with Crippen LogP contribution in [0, 0.1) is 0 Å². The first-order valence-electron chi connectivity index (χ1n) is 9.05. The molecule has 0 bridgehead atoms. The van der Waals surface area contributed by atoms with Crippen LogP contribution in [0.3, 0.4) is 0 Å². The molecule has 2 aliphatic rings. The van der Waals surface area contributed by atoms with Crippen molar-refractivity contribution in [1.29, 1.82) is 0 Å². The summed E-state index contributed by atoms with van der Waals surface area (Å²) in [5.41, 5.74) is 1.42. The molecule has 4 rings (SSSR count). The Hall–Kier alpha value is -1.20. The van der Waals surface area contributed by atoms with Crippen LogP contribution in [-0.4, -0.2) is 39.1 Å². The van der Waals surface area contributed by atoms with Crippen LogP contribution < -0.4 is 0 Å². The van der Waals surface area contributed by atoms with E-state index in [1.165, 1.54) is 75.3 Å². The van der Waals surface area contributed by atoms with Crippen LogP contribution in [0.25, 0.3) is 0 Å². The van der Waals surface area contributed by atoms with Crippen molar-refractivity contribution in [3.8, 4) is 0 Å². The highest BCUT2D eigenvalue weighted by Crippen LogP contribution is 2.34. The maximum absolute atomic E-state index is 5.01. The summed E-state index contributed by atoms with van der Waals surface area (Å²) in [6.07, 6.45) is 14.9. The van der Waals surface area contributed by atoms with Crippen molar-refractivity contribution >= 4 is 11.3 Å². The molecule has 1 saturated heterocycles. The summed E-state index contributed by atoms with van der Waals surface area (Å²) < 4.78 is 2.18. The van der Waals surface area contributed by atoms with Crippen LogP contribution in [-0.2, 0) is 19.4 Å². The molecule has 1 unspecified atom stereocenters. The van der Waals surface area contributed by atoms with Crippen molar-refractivity contribution in [1.82, 2.24) is 19.4 Å². The summed E-state index contributed by atoms with van der Waals surface area (Å²) in [6, 6.07) is 0. The lowest BCUT2D eigenvalue weighted by Gasteiger charge is -2.31. The first-order chi connectivity index (χ1) is 11.4. The van der Waals surface area contributed by atoms with Crippen LogP contribution in [0.5, 0.6) is 0 Å². The molecule has 4 nitrogen and oxygen atoms in total. The summed E-state index contributed by atoms with van der Waals surface area (Å²) in [6.45, 7) is 4.73. The van der Waals surface area contributed by atoms with Crippen molar-refractivity contribution in [2.24, 2.45) is 0 Å². The zero-order valence-corrected chi connectivity index (χ0v) is 14.6. The van der Waals surface area contributed by atoms with Gasteiger partial charge in [0, 0.05) is 36.3 Å². The Labute approximate surface area is 142 Å². The Morgan fingerprint density at radius 1 is 1.17 bits per heavy atom. The van der Waals surface area contributed by atoms with Gasteiger partial charge in [-0.3, -0.25) is 0 Å². The van der Waals surface area contributed by atoms with Crippen LogP contribution in [0.15, 0.2) is 18.7 Å². The van der Waals surface area contributed by atoms with E-state index in [1.54, 1.807) is 4.88 Å². The lowest BCUT2D eigenvalue weighted by atomic mass is 9.98. The molecule has 1 atom stereocenters. The summed E-state index contributed by atoms with van der Waals surface area (Å²) in [4.78, 5) is 13.4. The molecule has 0 radical (unpaired) electrons. The van der Waals surface area contributed by atoms with E-state index in [9.17, 15) is 0 Å². The number of piperidine rings is 1. The molecule has 3 heterocycles. The van der Waals surface area contributed by atoms with Gasteiger partial charge in [-0.2, -0.15) is 0 Å². The van der Waals surface area contributed by atoms with Gasteiger partial charge in [-0.05, 0) is 58.0 Å². The number of fused-ring (bicyclic) bond motifs is 1. The molecule has 23 heavy (non-hydrogen) atoms. The molecule has 0 aromatic carbocycles. The van der Waals surface area contributed by atoms with Crippen LogP contribution >= 0.6 is 11.3 Å². The van der Waals surface area contributed by atoms with E-state index in [-0.39, 0.29) is 0 Å². The standard InChI is InChI=1S/C18H26N4S/c1-2-7-17-16(6-1)20-18(23-17)15-5-3-9-21(13-15)10-4-11-22-12-8-19-14-22/h8,12,14-15H,1-7,9-11,13H2. The highest BCUT2D eigenvalue weighted by molar-refractivity contribution is 7.11. The highest BCUT2D eigenvalue weighted by atomic mass is 32.1. The third-order valence-corrected chi connectivity index (χ3v) is 6.49. The predicted molar refractivity (Wildman–Crippen MR) is 94.0 cm³/mol. The van der Waals surface area contributed by atoms with Gasteiger partial charge in [-0.25, -0.2) is 9.97 Å². The van der Waals surface area contributed by atoms with Crippen molar-refractivity contribution in [2.75, 3.05) is 19.6 Å². The average molecular weight is 331 g/mol. The lowest BCUT2D eigenvalue weighted by molar-refractivity contribution is 0.202. The molecule has 2 aromatic rings. The maximum Gasteiger partial charge on any atom is 0.0974 e. The predicted octanol–water partition coefficient (Wildman–Crippen LogP) is 3.49. The number of hydrogen-bond donors (Lipinski definition) is 0. The molecule has 2 aromatic heterocycles. The Kier molecular flexibility index (Phi) is 4.76. The second kappa shape index (κ2) is 7.14. The van der Waals surface area contributed by atoms with Gasteiger partial charge in [0.2, 0.25) is 0 Å². The topological polar surface area (TPSA) is 34.0 Å². The fourth-order valence-corrected chi connectivity index (χ4v) is 5.18. The molecule has 124 valence electrons. The number of likely N-dealkylation sites (tertiary alicyclic amines) is 1.